The number of nitrogens with two attached hydrogens (primary N) is 1. The zero-order chi connectivity index (χ0) is 17.6. The Labute approximate surface area is 149 Å². The molecule has 2 N–H and O–H groups in total. The molecule has 0 radical (unpaired) electrons. The summed E-state index contributed by atoms with van der Waals surface area (Å²) in [6.07, 6.45) is 0. The van der Waals surface area contributed by atoms with Gasteiger partial charge in [-0.15, -0.1) is 0 Å². The average molecular weight is 359 g/mol. The molecule has 2 aromatic carbocycles. The fourth-order valence-corrected chi connectivity index (χ4v) is 3.12. The smallest absolute Gasteiger partial charge is 0.270 e. The number of nitrogens with zero attached hydrogens (tertiary/aromatic N) is 2. The van der Waals surface area contributed by atoms with Crippen LogP contribution in [0.4, 0.5) is 5.69 Å². The Balaban J connectivity index is 1.71. The maximum absolute atomic E-state index is 11.1. The molecule has 0 bridgehead atoms. The molecule has 1 aliphatic rings. The number of benzene rings is 2. The van der Waals surface area contributed by atoms with E-state index in [-0.39, 0.29) is 12.5 Å². The Morgan fingerprint density at radius 3 is 2.88 bits per heavy atom. The van der Waals surface area contributed by atoms with E-state index in [4.69, 9.17) is 15.2 Å². The van der Waals surface area contributed by atoms with Crippen LogP contribution in [0.5, 0.6) is 5.75 Å². The van der Waals surface area contributed by atoms with Crippen molar-refractivity contribution in [3.63, 3.8) is 0 Å². The van der Waals surface area contributed by atoms with E-state index in [2.05, 4.69) is 4.99 Å². The van der Waals surface area contributed by atoms with Gasteiger partial charge in [0.2, 0.25) is 0 Å². The number of nitro groups is 1. The molecule has 7 nitrogen and oxygen atoms in total. The first kappa shape index (κ1) is 17.2. The molecular weight excluding hydrogens is 342 g/mol. The molecule has 130 valence electrons. The number of fused-ring (bicyclic) bond motifs is 1. The maximum atomic E-state index is 11.1. The Bertz CT molecular complexity index is 796. The van der Waals surface area contributed by atoms with Gasteiger partial charge in [0.25, 0.3) is 5.69 Å². The molecule has 0 aromatic heterocycles. The topological polar surface area (TPSA) is 100.0 Å². The van der Waals surface area contributed by atoms with Gasteiger partial charge >= 0.3 is 0 Å². The molecule has 0 aliphatic carbocycles. The van der Waals surface area contributed by atoms with Crippen molar-refractivity contribution in [2.24, 2.45) is 10.7 Å². The summed E-state index contributed by atoms with van der Waals surface area (Å²) in [6, 6.07) is 12.8. The summed E-state index contributed by atoms with van der Waals surface area (Å²) < 4.78 is 10.7. The number of ether oxygens (including phenoxy) is 2. The minimum atomic E-state index is -0.421. The van der Waals surface area contributed by atoms with Crippen molar-refractivity contribution in [2.45, 2.75) is 18.9 Å². The van der Waals surface area contributed by atoms with Crippen molar-refractivity contribution >= 4 is 22.6 Å². The van der Waals surface area contributed by atoms with Crippen LogP contribution in [-0.2, 0) is 23.6 Å². The van der Waals surface area contributed by atoms with Gasteiger partial charge in [0.1, 0.15) is 5.75 Å². The number of hydrogen-bond donors (Lipinski definition) is 1. The molecule has 3 rings (SSSR count). The maximum Gasteiger partial charge on any atom is 0.270 e. The molecule has 0 fully saturated rings. The quantitative estimate of drug-likeness (QED) is 0.381. The van der Waals surface area contributed by atoms with E-state index in [0.29, 0.717) is 35.4 Å². The molecule has 2 aromatic rings. The summed E-state index contributed by atoms with van der Waals surface area (Å²) in [4.78, 5) is 15.0. The number of hydrogen-bond acceptors (Lipinski definition) is 6. The fraction of sp³-hybridized carbons (Fsp3) is 0.235. The lowest BCUT2D eigenvalue weighted by molar-refractivity contribution is -0.385. The average Bonchev–Trinajstić information content (AvgIpc) is 2.65. The number of aliphatic imine (C=N–C) groups is 1. The predicted octanol–water partition coefficient (Wildman–Crippen LogP) is 3.21. The van der Waals surface area contributed by atoms with Gasteiger partial charge in [-0.05, 0) is 5.56 Å². The highest BCUT2D eigenvalue weighted by Crippen LogP contribution is 2.34. The molecule has 8 heteroatoms. The van der Waals surface area contributed by atoms with Crippen LogP contribution in [0, 0.1) is 10.1 Å². The minimum Gasteiger partial charge on any atom is -0.467 e. The minimum absolute atomic E-state index is 0.0169. The zero-order valence-electron chi connectivity index (χ0n) is 13.4. The van der Waals surface area contributed by atoms with Crippen molar-refractivity contribution in [1.29, 1.82) is 0 Å². The SMILES string of the molecule is NC(=NCc1ccccc1)SCc1cc([N+](=O)[O-])cc2c1OCOC2. The first-order valence-electron chi connectivity index (χ1n) is 7.61. The van der Waals surface area contributed by atoms with E-state index in [1.165, 1.54) is 23.9 Å². The summed E-state index contributed by atoms with van der Waals surface area (Å²) in [6.45, 7) is 0.934. The van der Waals surface area contributed by atoms with E-state index in [1.54, 1.807) is 0 Å². The lowest BCUT2D eigenvalue weighted by atomic mass is 10.1. The van der Waals surface area contributed by atoms with Crippen LogP contribution in [0.3, 0.4) is 0 Å². The highest BCUT2D eigenvalue weighted by atomic mass is 32.2. The monoisotopic (exact) mass is 359 g/mol. The van der Waals surface area contributed by atoms with E-state index in [9.17, 15) is 10.1 Å². The molecule has 1 heterocycles. The van der Waals surface area contributed by atoms with E-state index in [0.717, 1.165) is 11.1 Å². The van der Waals surface area contributed by atoms with Gasteiger partial charge in [-0.1, -0.05) is 42.1 Å². The number of non-ortho nitro benzene ring substituents is 1. The summed E-state index contributed by atoms with van der Waals surface area (Å²) in [7, 11) is 0. The standard InChI is InChI=1S/C17H17N3O4S/c18-17(19-8-12-4-2-1-3-5-12)25-10-14-7-15(20(21)22)6-13-9-23-11-24-16(13)14/h1-7H,8-11H2,(H2,18,19). The van der Waals surface area contributed by atoms with Crippen LogP contribution in [0.15, 0.2) is 47.5 Å². The van der Waals surface area contributed by atoms with Crippen molar-refractivity contribution in [1.82, 2.24) is 0 Å². The van der Waals surface area contributed by atoms with Crippen LogP contribution in [-0.4, -0.2) is 16.9 Å². The Morgan fingerprint density at radius 1 is 1.32 bits per heavy atom. The van der Waals surface area contributed by atoms with E-state index in [1.807, 2.05) is 30.3 Å². The molecule has 0 saturated carbocycles. The molecular formula is C17H17N3O4S. The summed E-state index contributed by atoms with van der Waals surface area (Å²) in [5.74, 6) is 1.08. The lowest BCUT2D eigenvalue weighted by Gasteiger charge is -2.20. The second-order valence-corrected chi connectivity index (χ2v) is 6.39. The Morgan fingerprint density at radius 2 is 2.12 bits per heavy atom. The van der Waals surface area contributed by atoms with Gasteiger partial charge in [0.05, 0.1) is 18.1 Å². The van der Waals surface area contributed by atoms with Crippen LogP contribution in [0.25, 0.3) is 0 Å². The second-order valence-electron chi connectivity index (χ2n) is 5.39. The van der Waals surface area contributed by atoms with Gasteiger partial charge in [-0.25, -0.2) is 0 Å². The summed E-state index contributed by atoms with van der Waals surface area (Å²) >= 11 is 1.33. The van der Waals surface area contributed by atoms with Gasteiger partial charge in [-0.3, -0.25) is 15.1 Å². The van der Waals surface area contributed by atoms with Gasteiger partial charge in [0, 0.05) is 29.0 Å². The molecule has 0 atom stereocenters. The Kier molecular flexibility index (Phi) is 5.52. The molecule has 25 heavy (non-hydrogen) atoms. The number of rotatable bonds is 5. The van der Waals surface area contributed by atoms with Crippen molar-refractivity contribution < 1.29 is 14.4 Å². The lowest BCUT2D eigenvalue weighted by Crippen LogP contribution is -2.14. The number of thioether (sulfide) groups is 1. The van der Waals surface area contributed by atoms with Crippen LogP contribution in [0.2, 0.25) is 0 Å². The van der Waals surface area contributed by atoms with Crippen molar-refractivity contribution in [3.05, 3.63) is 69.3 Å². The summed E-state index contributed by atoms with van der Waals surface area (Å²) in [5.41, 5.74) is 8.44. The highest BCUT2D eigenvalue weighted by Gasteiger charge is 2.21. The van der Waals surface area contributed by atoms with E-state index >= 15 is 0 Å². The van der Waals surface area contributed by atoms with Crippen LogP contribution >= 0.6 is 11.8 Å². The molecule has 0 unspecified atom stereocenters. The summed E-state index contributed by atoms with van der Waals surface area (Å²) in [5, 5.41) is 11.5. The third kappa shape index (κ3) is 4.49. The highest BCUT2D eigenvalue weighted by molar-refractivity contribution is 8.13. The first-order chi connectivity index (χ1) is 12.1. The normalized spacial score (nSPS) is 13.8. The third-order valence-corrected chi connectivity index (χ3v) is 4.50. The van der Waals surface area contributed by atoms with Gasteiger partial charge in [0.15, 0.2) is 12.0 Å². The molecule has 1 aliphatic heterocycles. The van der Waals surface area contributed by atoms with Gasteiger partial charge in [-0.2, -0.15) is 0 Å². The third-order valence-electron chi connectivity index (χ3n) is 3.62. The second kappa shape index (κ2) is 8.00. The zero-order valence-corrected chi connectivity index (χ0v) is 14.2. The number of nitro benzene ring substituents is 1. The predicted molar refractivity (Wildman–Crippen MR) is 96.4 cm³/mol. The van der Waals surface area contributed by atoms with Crippen LogP contribution < -0.4 is 10.5 Å². The van der Waals surface area contributed by atoms with Crippen LogP contribution in [0.1, 0.15) is 16.7 Å². The molecule has 0 saturated heterocycles. The number of amidine groups is 1. The first-order valence-corrected chi connectivity index (χ1v) is 8.59. The molecule has 0 spiro atoms. The largest absolute Gasteiger partial charge is 0.467 e. The molecule has 0 amide bonds. The van der Waals surface area contributed by atoms with Crippen molar-refractivity contribution in [3.8, 4) is 5.75 Å². The van der Waals surface area contributed by atoms with Gasteiger partial charge < -0.3 is 15.2 Å². The van der Waals surface area contributed by atoms with E-state index < -0.39 is 4.92 Å². The van der Waals surface area contributed by atoms with Crippen molar-refractivity contribution in [2.75, 3.05) is 6.79 Å². The fourth-order valence-electron chi connectivity index (χ4n) is 2.44. The Hall–Kier alpha value is -2.58.